The summed E-state index contributed by atoms with van der Waals surface area (Å²) in [5.74, 6) is 0. The largest absolute Gasteiger partial charge is 0.373 e. The van der Waals surface area contributed by atoms with Gasteiger partial charge in [0.15, 0.2) is 0 Å². The zero-order valence-electron chi connectivity index (χ0n) is 7.62. The second kappa shape index (κ2) is 3.58. The van der Waals surface area contributed by atoms with E-state index in [4.69, 9.17) is 4.74 Å². The zero-order valence-corrected chi connectivity index (χ0v) is 8.78. The lowest BCUT2D eigenvalue weighted by Crippen LogP contribution is -2.12. The summed E-state index contributed by atoms with van der Waals surface area (Å²) in [5, 5.41) is 1.72. The Kier molecular flexibility index (Phi) is 2.47. The Labute approximate surface area is 75.7 Å². The van der Waals surface area contributed by atoms with Crippen LogP contribution in [-0.2, 0) is 4.74 Å². The molecule has 2 aliphatic heterocycles. The molecule has 0 saturated carbocycles. The van der Waals surface area contributed by atoms with E-state index in [1.807, 2.05) is 0 Å². The molecular formula is C10H16OSi. The van der Waals surface area contributed by atoms with Crippen LogP contribution in [0.1, 0.15) is 19.8 Å². The molecule has 2 rings (SSSR count). The Morgan fingerprint density at radius 2 is 2.50 bits per heavy atom. The molecule has 0 amide bonds. The minimum atomic E-state index is -0.612. The molecule has 0 N–H and O–H groups in total. The molecule has 2 aliphatic rings. The molecular weight excluding hydrogens is 164 g/mol. The lowest BCUT2D eigenvalue weighted by molar-refractivity contribution is 0.409. The van der Waals surface area contributed by atoms with Crippen LogP contribution in [0.5, 0.6) is 0 Å². The van der Waals surface area contributed by atoms with Crippen LogP contribution in [0.3, 0.4) is 0 Å². The first-order chi connectivity index (χ1) is 5.90. The van der Waals surface area contributed by atoms with E-state index in [0.717, 1.165) is 6.61 Å². The fraction of sp³-hybridized carbons (Fsp3) is 0.600. The Hall–Kier alpha value is -0.343. The predicted molar refractivity (Wildman–Crippen MR) is 53.8 cm³/mol. The Morgan fingerprint density at radius 1 is 1.67 bits per heavy atom. The van der Waals surface area contributed by atoms with E-state index in [9.17, 15) is 0 Å². The lowest BCUT2D eigenvalue weighted by atomic mass is 10.3. The van der Waals surface area contributed by atoms with Crippen LogP contribution in [0.15, 0.2) is 23.0 Å². The fourth-order valence-corrected chi connectivity index (χ4v) is 4.56. The van der Waals surface area contributed by atoms with Gasteiger partial charge in [-0.3, -0.25) is 0 Å². The van der Waals surface area contributed by atoms with Gasteiger partial charge < -0.3 is 4.74 Å². The van der Waals surface area contributed by atoms with E-state index in [2.05, 4.69) is 24.8 Å². The first kappa shape index (κ1) is 8.26. The highest BCUT2D eigenvalue weighted by Gasteiger charge is 2.27. The topological polar surface area (TPSA) is 12.5 Å². The van der Waals surface area contributed by atoms with Crippen LogP contribution >= 0.6 is 0 Å². The maximum atomic E-state index is 5.25. The molecule has 2 heterocycles. The van der Waals surface area contributed by atoms with Crippen LogP contribution in [0.4, 0.5) is 0 Å². The minimum Gasteiger partial charge on any atom is -0.373 e. The molecule has 66 valence electrons. The van der Waals surface area contributed by atoms with Crippen molar-refractivity contribution < 1.29 is 4.74 Å². The number of allylic oxidation sites excluding steroid dienone is 2. The van der Waals surface area contributed by atoms with Gasteiger partial charge in [0, 0.05) is 0 Å². The van der Waals surface area contributed by atoms with Gasteiger partial charge in [-0.1, -0.05) is 42.4 Å². The molecule has 2 atom stereocenters. The summed E-state index contributed by atoms with van der Waals surface area (Å²) < 4.78 is 5.25. The predicted octanol–water partition coefficient (Wildman–Crippen LogP) is 1.99. The van der Waals surface area contributed by atoms with Crippen molar-refractivity contribution in [3.05, 3.63) is 23.0 Å². The maximum Gasteiger partial charge on any atom is 0.0890 e. The van der Waals surface area contributed by atoms with Crippen LogP contribution in [0.25, 0.3) is 0 Å². The molecule has 0 aromatic heterocycles. The second-order valence-corrected chi connectivity index (χ2v) is 6.60. The summed E-state index contributed by atoms with van der Waals surface area (Å²) in [7, 11) is -0.612. The van der Waals surface area contributed by atoms with Gasteiger partial charge in [0.1, 0.15) is 0 Å². The number of rotatable bonds is 4. The Balaban J connectivity index is 1.86. The second-order valence-electron chi connectivity index (χ2n) is 3.68. The molecule has 0 aliphatic carbocycles. The number of epoxide rings is 1. The van der Waals surface area contributed by atoms with Crippen molar-refractivity contribution in [2.45, 2.75) is 31.9 Å². The molecule has 1 saturated heterocycles. The lowest BCUT2D eigenvalue weighted by Gasteiger charge is -2.09. The average molecular weight is 180 g/mol. The summed E-state index contributed by atoms with van der Waals surface area (Å²) in [4.78, 5) is 0. The van der Waals surface area contributed by atoms with Gasteiger partial charge in [0.2, 0.25) is 0 Å². The molecule has 12 heavy (non-hydrogen) atoms. The number of ether oxygens (including phenoxy) is 1. The van der Waals surface area contributed by atoms with Crippen LogP contribution < -0.4 is 0 Å². The molecule has 1 nitrogen and oxygen atoms in total. The highest BCUT2D eigenvalue weighted by atomic mass is 28.3. The fourth-order valence-electron chi connectivity index (χ4n) is 1.82. The third-order valence-corrected chi connectivity index (χ3v) is 5.86. The maximum absolute atomic E-state index is 5.25. The van der Waals surface area contributed by atoms with Crippen molar-refractivity contribution in [3.63, 3.8) is 0 Å². The first-order valence-corrected chi connectivity index (χ1v) is 6.95. The normalized spacial score (nSPS) is 32.2. The third-order valence-electron chi connectivity index (χ3n) is 2.60. The quantitative estimate of drug-likeness (QED) is 0.476. The standard InChI is InChI=1S/C10H16OSi/c1-2-5-12-6-3-4-10(12)7-9-8-11-9/h3-4,6,9,12H,2,5,7-8H2,1H3. The Morgan fingerprint density at radius 3 is 3.17 bits per heavy atom. The van der Waals surface area contributed by atoms with Gasteiger partial charge in [-0.15, -0.1) is 0 Å². The third kappa shape index (κ3) is 1.87. The van der Waals surface area contributed by atoms with Gasteiger partial charge >= 0.3 is 0 Å². The molecule has 0 spiro atoms. The van der Waals surface area contributed by atoms with Gasteiger partial charge in [-0.2, -0.15) is 0 Å². The monoisotopic (exact) mass is 180 g/mol. The average Bonchev–Trinajstić information content (AvgIpc) is 2.76. The van der Waals surface area contributed by atoms with Gasteiger partial charge in [0.05, 0.1) is 21.5 Å². The van der Waals surface area contributed by atoms with Crippen molar-refractivity contribution >= 4 is 8.80 Å². The highest BCUT2D eigenvalue weighted by molar-refractivity contribution is 6.72. The molecule has 0 radical (unpaired) electrons. The first-order valence-electron chi connectivity index (χ1n) is 4.89. The van der Waals surface area contributed by atoms with E-state index in [-0.39, 0.29) is 0 Å². The SMILES string of the molecule is CCC[SiH]1C=CC=C1CC1CO1. The van der Waals surface area contributed by atoms with Gasteiger partial charge in [-0.25, -0.2) is 0 Å². The van der Waals surface area contributed by atoms with E-state index < -0.39 is 8.80 Å². The van der Waals surface area contributed by atoms with Crippen molar-refractivity contribution in [2.24, 2.45) is 0 Å². The van der Waals surface area contributed by atoms with Crippen LogP contribution in [0, 0.1) is 0 Å². The molecule has 2 heteroatoms. The summed E-state index contributed by atoms with van der Waals surface area (Å²) in [5.41, 5.74) is 2.46. The van der Waals surface area contributed by atoms with E-state index in [0.29, 0.717) is 6.10 Å². The van der Waals surface area contributed by atoms with Crippen LogP contribution in [0.2, 0.25) is 6.04 Å². The van der Waals surface area contributed by atoms with Crippen LogP contribution in [-0.4, -0.2) is 21.5 Å². The molecule has 1 fully saturated rings. The molecule has 2 unspecified atom stereocenters. The Bertz CT molecular complexity index is 216. The summed E-state index contributed by atoms with van der Waals surface area (Å²) in [6.45, 7) is 3.29. The molecule has 0 aromatic carbocycles. The van der Waals surface area contributed by atoms with Gasteiger partial charge in [-0.05, 0) is 6.42 Å². The van der Waals surface area contributed by atoms with Crippen molar-refractivity contribution in [1.82, 2.24) is 0 Å². The highest BCUT2D eigenvalue weighted by Crippen LogP contribution is 2.25. The van der Waals surface area contributed by atoms with Crippen molar-refractivity contribution in [1.29, 1.82) is 0 Å². The van der Waals surface area contributed by atoms with Crippen molar-refractivity contribution in [2.75, 3.05) is 6.61 Å². The van der Waals surface area contributed by atoms with E-state index in [1.54, 1.807) is 5.20 Å². The summed E-state index contributed by atoms with van der Waals surface area (Å²) in [6.07, 6.45) is 7.73. The smallest absolute Gasteiger partial charge is 0.0890 e. The van der Waals surface area contributed by atoms with E-state index in [1.165, 1.54) is 18.9 Å². The number of hydrogen-bond acceptors (Lipinski definition) is 1. The van der Waals surface area contributed by atoms with Crippen molar-refractivity contribution in [3.8, 4) is 0 Å². The number of hydrogen-bond donors (Lipinski definition) is 0. The van der Waals surface area contributed by atoms with Gasteiger partial charge in [0.25, 0.3) is 0 Å². The molecule has 0 aromatic rings. The minimum absolute atomic E-state index is 0.586. The summed E-state index contributed by atoms with van der Waals surface area (Å²) in [6, 6.07) is 1.44. The van der Waals surface area contributed by atoms with E-state index >= 15 is 0 Å². The zero-order chi connectivity index (χ0) is 8.39. The molecule has 0 bridgehead atoms. The summed E-state index contributed by atoms with van der Waals surface area (Å²) >= 11 is 0.